The Morgan fingerprint density at radius 2 is 2.16 bits per heavy atom. The van der Waals surface area contributed by atoms with E-state index in [1.54, 1.807) is 0 Å². The lowest BCUT2D eigenvalue weighted by Crippen LogP contribution is -2.09. The van der Waals surface area contributed by atoms with E-state index in [2.05, 4.69) is 28.5 Å². The van der Waals surface area contributed by atoms with Gasteiger partial charge in [-0.2, -0.15) is 5.10 Å². The highest BCUT2D eigenvalue weighted by atomic mass is 32.2. The van der Waals surface area contributed by atoms with Crippen molar-refractivity contribution < 1.29 is 9.90 Å². The van der Waals surface area contributed by atoms with Gasteiger partial charge in [0.05, 0.1) is 11.4 Å². The van der Waals surface area contributed by atoms with Crippen molar-refractivity contribution in [3.05, 3.63) is 5.69 Å². The van der Waals surface area contributed by atoms with Crippen LogP contribution in [0.5, 0.6) is 0 Å². The Morgan fingerprint density at radius 1 is 1.47 bits per heavy atom. The molecule has 6 nitrogen and oxygen atoms in total. The van der Waals surface area contributed by atoms with E-state index >= 15 is 0 Å². The SMILES string of the molecule is CCn1nc(C)c2nc(SCC(=O)O)n(C(C)C)c21. The zero-order valence-corrected chi connectivity index (χ0v) is 12.4. The minimum Gasteiger partial charge on any atom is -0.481 e. The number of aryl methyl sites for hydroxylation is 2. The van der Waals surface area contributed by atoms with Gasteiger partial charge in [0.15, 0.2) is 10.8 Å². The second-order valence-electron chi connectivity index (χ2n) is 4.61. The highest BCUT2D eigenvalue weighted by Gasteiger charge is 2.20. The molecule has 0 saturated carbocycles. The molecule has 0 saturated heterocycles. The van der Waals surface area contributed by atoms with E-state index in [4.69, 9.17) is 5.11 Å². The van der Waals surface area contributed by atoms with Crippen LogP contribution in [0.25, 0.3) is 11.2 Å². The Bertz CT molecular complexity index is 615. The summed E-state index contributed by atoms with van der Waals surface area (Å²) in [5, 5.41) is 14.0. The Labute approximate surface area is 115 Å². The Balaban J connectivity index is 2.57. The topological polar surface area (TPSA) is 72.9 Å². The Hall–Kier alpha value is -1.50. The van der Waals surface area contributed by atoms with Crippen LogP contribution in [0.1, 0.15) is 32.5 Å². The summed E-state index contributed by atoms with van der Waals surface area (Å²) in [6.45, 7) is 8.86. The van der Waals surface area contributed by atoms with Crippen molar-refractivity contribution in [3.63, 3.8) is 0 Å². The smallest absolute Gasteiger partial charge is 0.313 e. The molecule has 0 bridgehead atoms. The summed E-state index contributed by atoms with van der Waals surface area (Å²) in [6, 6.07) is 0.211. The van der Waals surface area contributed by atoms with Gasteiger partial charge < -0.3 is 9.67 Å². The Morgan fingerprint density at radius 3 is 2.68 bits per heavy atom. The van der Waals surface area contributed by atoms with Crippen LogP contribution in [0.3, 0.4) is 0 Å². The van der Waals surface area contributed by atoms with Gasteiger partial charge in [-0.25, -0.2) is 9.67 Å². The van der Waals surface area contributed by atoms with Crippen molar-refractivity contribution in [1.29, 1.82) is 0 Å². The van der Waals surface area contributed by atoms with Crippen LogP contribution in [0, 0.1) is 6.92 Å². The molecule has 2 heterocycles. The molecule has 0 aliphatic heterocycles. The minimum absolute atomic E-state index is 0.0188. The fourth-order valence-electron chi connectivity index (χ4n) is 2.08. The van der Waals surface area contributed by atoms with Crippen LogP contribution in [0.4, 0.5) is 0 Å². The van der Waals surface area contributed by atoms with Crippen LogP contribution < -0.4 is 0 Å². The van der Waals surface area contributed by atoms with Crippen molar-refractivity contribution in [3.8, 4) is 0 Å². The van der Waals surface area contributed by atoms with E-state index in [1.807, 2.05) is 18.5 Å². The van der Waals surface area contributed by atoms with Crippen molar-refractivity contribution >= 4 is 28.9 Å². The van der Waals surface area contributed by atoms with Crippen LogP contribution in [-0.4, -0.2) is 36.2 Å². The zero-order chi connectivity index (χ0) is 14.2. The molecule has 2 rings (SSSR count). The molecule has 1 N–H and O–H groups in total. The third-order valence-electron chi connectivity index (χ3n) is 2.85. The zero-order valence-electron chi connectivity index (χ0n) is 11.5. The number of thioether (sulfide) groups is 1. The maximum Gasteiger partial charge on any atom is 0.313 e. The summed E-state index contributed by atoms with van der Waals surface area (Å²) >= 11 is 1.25. The highest BCUT2D eigenvalue weighted by molar-refractivity contribution is 7.99. The van der Waals surface area contributed by atoms with Gasteiger partial charge in [0.2, 0.25) is 0 Å². The molecule has 0 spiro atoms. The number of aliphatic carboxylic acids is 1. The predicted octanol–water partition coefficient (Wildman–Crippen LogP) is 2.32. The predicted molar refractivity (Wildman–Crippen MR) is 74.7 cm³/mol. The molecule has 0 aliphatic carbocycles. The number of fused-ring (bicyclic) bond motifs is 1. The van der Waals surface area contributed by atoms with Gasteiger partial charge >= 0.3 is 5.97 Å². The highest BCUT2D eigenvalue weighted by Crippen LogP contribution is 2.29. The molecule has 2 aromatic heterocycles. The molecule has 0 unspecified atom stereocenters. The van der Waals surface area contributed by atoms with Gasteiger partial charge in [-0.05, 0) is 27.7 Å². The van der Waals surface area contributed by atoms with Gasteiger partial charge in [-0.15, -0.1) is 0 Å². The number of carbonyl (C=O) groups is 1. The van der Waals surface area contributed by atoms with Crippen molar-refractivity contribution in [1.82, 2.24) is 19.3 Å². The second kappa shape index (κ2) is 5.24. The first-order valence-electron chi connectivity index (χ1n) is 6.25. The summed E-state index contributed by atoms with van der Waals surface area (Å²) in [5.41, 5.74) is 2.72. The molecule has 0 aliphatic rings. The van der Waals surface area contributed by atoms with Crippen molar-refractivity contribution in [2.45, 2.75) is 45.4 Å². The largest absolute Gasteiger partial charge is 0.481 e. The molecular formula is C12H18N4O2S. The molecule has 0 aromatic carbocycles. The molecule has 0 fully saturated rings. The number of rotatable bonds is 5. The number of nitrogens with zero attached hydrogens (tertiary/aromatic N) is 4. The Kier molecular flexibility index (Phi) is 3.84. The van der Waals surface area contributed by atoms with Crippen molar-refractivity contribution in [2.75, 3.05) is 5.75 Å². The molecule has 0 radical (unpaired) electrons. The van der Waals surface area contributed by atoms with E-state index in [0.29, 0.717) is 0 Å². The van der Waals surface area contributed by atoms with Gasteiger partial charge in [0.1, 0.15) is 5.52 Å². The number of carboxylic acids is 1. The van der Waals surface area contributed by atoms with Gasteiger partial charge in [-0.3, -0.25) is 4.79 Å². The number of hydrogen-bond acceptors (Lipinski definition) is 4. The van der Waals surface area contributed by atoms with Crippen LogP contribution in [0.15, 0.2) is 5.16 Å². The summed E-state index contributed by atoms with van der Waals surface area (Å²) in [4.78, 5) is 15.3. The summed E-state index contributed by atoms with van der Waals surface area (Å²) in [5.74, 6) is -0.813. The lowest BCUT2D eigenvalue weighted by atomic mass is 10.4. The van der Waals surface area contributed by atoms with E-state index in [9.17, 15) is 4.79 Å². The normalized spacial score (nSPS) is 11.6. The van der Waals surface area contributed by atoms with E-state index in [1.165, 1.54) is 11.8 Å². The maximum absolute atomic E-state index is 10.7. The molecule has 19 heavy (non-hydrogen) atoms. The number of imidazole rings is 1. The first kappa shape index (κ1) is 13.9. The first-order valence-corrected chi connectivity index (χ1v) is 7.24. The summed E-state index contributed by atoms with van der Waals surface area (Å²) < 4.78 is 3.98. The van der Waals surface area contributed by atoms with E-state index < -0.39 is 5.97 Å². The monoisotopic (exact) mass is 282 g/mol. The molecule has 104 valence electrons. The third kappa shape index (κ3) is 2.47. The fourth-order valence-corrected chi connectivity index (χ4v) is 2.93. The molecule has 0 atom stereocenters. The van der Waals surface area contributed by atoms with Crippen LogP contribution in [-0.2, 0) is 11.3 Å². The second-order valence-corrected chi connectivity index (χ2v) is 5.56. The maximum atomic E-state index is 10.7. The van der Waals surface area contributed by atoms with Gasteiger partial charge in [0.25, 0.3) is 0 Å². The quantitative estimate of drug-likeness (QED) is 0.852. The first-order chi connectivity index (χ1) is 8.95. The molecule has 0 amide bonds. The third-order valence-corrected chi connectivity index (χ3v) is 3.79. The van der Waals surface area contributed by atoms with Crippen molar-refractivity contribution in [2.24, 2.45) is 0 Å². The average molecular weight is 282 g/mol. The summed E-state index contributed by atoms with van der Waals surface area (Å²) in [7, 11) is 0. The lowest BCUT2D eigenvalue weighted by Gasteiger charge is -2.12. The number of carboxylic acid groups (broad SMARTS) is 1. The van der Waals surface area contributed by atoms with Crippen LogP contribution in [0.2, 0.25) is 0 Å². The van der Waals surface area contributed by atoms with Gasteiger partial charge in [-0.1, -0.05) is 11.8 Å². The van der Waals surface area contributed by atoms with E-state index in [-0.39, 0.29) is 11.8 Å². The lowest BCUT2D eigenvalue weighted by molar-refractivity contribution is -0.133. The molecular weight excluding hydrogens is 264 g/mol. The van der Waals surface area contributed by atoms with Crippen LogP contribution >= 0.6 is 11.8 Å². The summed E-state index contributed by atoms with van der Waals surface area (Å²) in [6.07, 6.45) is 0. The number of aromatic nitrogens is 4. The molecule has 7 heteroatoms. The standard InChI is InChI=1S/C12H18N4O2S/c1-5-15-11-10(8(4)14-15)13-12(16(11)7(2)3)19-6-9(17)18/h7H,5-6H2,1-4H3,(H,17,18). The number of hydrogen-bond donors (Lipinski definition) is 1. The fraction of sp³-hybridized carbons (Fsp3) is 0.583. The van der Waals surface area contributed by atoms with Gasteiger partial charge in [0, 0.05) is 12.6 Å². The molecule has 2 aromatic rings. The van der Waals surface area contributed by atoms with E-state index in [0.717, 1.165) is 28.6 Å². The average Bonchev–Trinajstić information content (AvgIpc) is 2.84. The minimum atomic E-state index is -0.832.